The number of rotatable bonds is 6. The lowest BCUT2D eigenvalue weighted by Crippen LogP contribution is -2.04. The van der Waals surface area contributed by atoms with Gasteiger partial charge >= 0.3 is 5.97 Å². The molecule has 0 aliphatic heterocycles. The topological polar surface area (TPSA) is 42.1 Å². The molecule has 5 heteroatoms. The Morgan fingerprint density at radius 3 is 2.77 bits per heavy atom. The van der Waals surface area contributed by atoms with Gasteiger partial charge in [-0.15, -0.1) is 0 Å². The van der Waals surface area contributed by atoms with Crippen LogP contribution in [0.1, 0.15) is 30.9 Å². The Kier molecular flexibility index (Phi) is 5.62. The van der Waals surface area contributed by atoms with Crippen molar-refractivity contribution in [2.24, 2.45) is 0 Å². The van der Waals surface area contributed by atoms with Crippen LogP contribution < -0.4 is 0 Å². The molecule has 2 aromatic carbocycles. The maximum absolute atomic E-state index is 13.7. The molecule has 0 spiro atoms. The normalized spacial score (nSPS) is 11.1. The average molecular weight is 374 g/mol. The molecule has 1 N–H and O–H groups in total. The van der Waals surface area contributed by atoms with Crippen LogP contribution in [0.4, 0.5) is 4.39 Å². The van der Waals surface area contributed by atoms with E-state index in [4.69, 9.17) is 16.3 Å². The number of aromatic nitrogens is 1. The van der Waals surface area contributed by atoms with E-state index in [0.717, 1.165) is 27.7 Å². The van der Waals surface area contributed by atoms with Crippen molar-refractivity contribution in [3.63, 3.8) is 0 Å². The molecular formula is C21H21ClFNO2. The van der Waals surface area contributed by atoms with Crippen LogP contribution in [0.5, 0.6) is 0 Å². The summed E-state index contributed by atoms with van der Waals surface area (Å²) in [5.41, 5.74) is 4.50. The third-order valence-electron chi connectivity index (χ3n) is 4.43. The predicted molar refractivity (Wildman–Crippen MR) is 103 cm³/mol. The van der Waals surface area contributed by atoms with Crippen LogP contribution in [-0.4, -0.2) is 17.6 Å². The molecule has 0 fully saturated rings. The van der Waals surface area contributed by atoms with Gasteiger partial charge in [0.25, 0.3) is 0 Å². The summed E-state index contributed by atoms with van der Waals surface area (Å²) in [6, 6.07) is 10.8. The van der Waals surface area contributed by atoms with Crippen molar-refractivity contribution in [1.29, 1.82) is 0 Å². The second-order valence-electron chi connectivity index (χ2n) is 6.29. The fourth-order valence-corrected chi connectivity index (χ4v) is 3.34. The van der Waals surface area contributed by atoms with E-state index in [1.165, 1.54) is 6.07 Å². The highest BCUT2D eigenvalue weighted by Crippen LogP contribution is 2.33. The van der Waals surface area contributed by atoms with Crippen molar-refractivity contribution in [2.45, 2.75) is 33.1 Å². The quantitative estimate of drug-likeness (QED) is 0.553. The van der Waals surface area contributed by atoms with Crippen LogP contribution in [0.25, 0.3) is 22.2 Å². The molecule has 1 heterocycles. The first kappa shape index (κ1) is 18.5. The summed E-state index contributed by atoms with van der Waals surface area (Å²) in [7, 11) is 0. The van der Waals surface area contributed by atoms with Crippen LogP contribution in [0.2, 0.25) is 5.02 Å². The highest BCUT2D eigenvalue weighted by Gasteiger charge is 2.15. The third kappa shape index (κ3) is 3.91. The summed E-state index contributed by atoms with van der Waals surface area (Å²) in [5.74, 6) is -0.415. The number of ether oxygens (including phenoxy) is 1. The fourth-order valence-electron chi connectivity index (χ4n) is 3.17. The Balaban J connectivity index is 1.98. The number of H-pyrrole nitrogens is 1. The summed E-state index contributed by atoms with van der Waals surface area (Å²) in [4.78, 5) is 15.1. The number of esters is 1. The van der Waals surface area contributed by atoms with Gasteiger partial charge in [0.15, 0.2) is 0 Å². The number of aromatic amines is 1. The van der Waals surface area contributed by atoms with Crippen LogP contribution in [0, 0.1) is 12.7 Å². The molecule has 0 unspecified atom stereocenters. The van der Waals surface area contributed by atoms with E-state index >= 15 is 0 Å². The molecule has 3 aromatic rings. The molecule has 0 saturated heterocycles. The molecule has 26 heavy (non-hydrogen) atoms. The first-order valence-corrected chi connectivity index (χ1v) is 9.09. The minimum absolute atomic E-state index is 0.190. The minimum Gasteiger partial charge on any atom is -0.466 e. The molecular weight excluding hydrogens is 353 g/mol. The molecule has 0 atom stereocenters. The van der Waals surface area contributed by atoms with Gasteiger partial charge in [0.05, 0.1) is 6.61 Å². The molecule has 0 bridgehead atoms. The van der Waals surface area contributed by atoms with Crippen molar-refractivity contribution in [3.8, 4) is 11.3 Å². The van der Waals surface area contributed by atoms with E-state index in [1.54, 1.807) is 19.9 Å². The number of carbonyl (C=O) groups excluding carboxylic acids is 1. The molecule has 0 radical (unpaired) electrons. The van der Waals surface area contributed by atoms with Crippen molar-refractivity contribution < 1.29 is 13.9 Å². The minimum atomic E-state index is -0.225. The van der Waals surface area contributed by atoms with E-state index in [-0.39, 0.29) is 11.8 Å². The van der Waals surface area contributed by atoms with Gasteiger partial charge in [0.2, 0.25) is 0 Å². The summed E-state index contributed by atoms with van der Waals surface area (Å²) >= 11 is 6.18. The van der Waals surface area contributed by atoms with E-state index in [2.05, 4.69) is 4.98 Å². The van der Waals surface area contributed by atoms with Crippen molar-refractivity contribution in [1.82, 2.24) is 4.98 Å². The van der Waals surface area contributed by atoms with Crippen LogP contribution in [0.15, 0.2) is 36.4 Å². The smallest absolute Gasteiger partial charge is 0.305 e. The van der Waals surface area contributed by atoms with E-state index < -0.39 is 0 Å². The number of hydrogen-bond donors (Lipinski definition) is 1. The van der Waals surface area contributed by atoms with Gasteiger partial charge in [-0.2, -0.15) is 0 Å². The Labute approximate surface area is 157 Å². The zero-order valence-electron chi connectivity index (χ0n) is 14.9. The van der Waals surface area contributed by atoms with Gasteiger partial charge in [-0.05, 0) is 79.8 Å². The number of hydrogen-bond acceptors (Lipinski definition) is 2. The zero-order valence-corrected chi connectivity index (χ0v) is 15.6. The number of nitrogens with one attached hydrogen (secondary N) is 1. The Hall–Kier alpha value is -2.33. The summed E-state index contributed by atoms with van der Waals surface area (Å²) < 4.78 is 18.7. The van der Waals surface area contributed by atoms with Crippen molar-refractivity contribution in [2.75, 3.05) is 6.61 Å². The number of aryl methyl sites for hydroxylation is 2. The lowest BCUT2D eigenvalue weighted by molar-refractivity contribution is -0.143. The Morgan fingerprint density at radius 2 is 2.04 bits per heavy atom. The first-order valence-electron chi connectivity index (χ1n) is 8.72. The van der Waals surface area contributed by atoms with Gasteiger partial charge in [-0.25, -0.2) is 4.39 Å². The number of fused-ring (bicyclic) bond motifs is 1. The summed E-state index contributed by atoms with van der Waals surface area (Å²) in [6.45, 7) is 3.94. The molecule has 3 nitrogen and oxygen atoms in total. The summed E-state index contributed by atoms with van der Waals surface area (Å²) in [5, 5.41) is 1.68. The lowest BCUT2D eigenvalue weighted by atomic mass is 9.99. The van der Waals surface area contributed by atoms with Crippen molar-refractivity contribution in [3.05, 3.63) is 58.4 Å². The summed E-state index contributed by atoms with van der Waals surface area (Å²) in [6.07, 6.45) is 1.74. The lowest BCUT2D eigenvalue weighted by Gasteiger charge is -2.07. The predicted octanol–water partition coefficient (Wildman–Crippen LogP) is 5.82. The van der Waals surface area contributed by atoms with Crippen molar-refractivity contribution >= 4 is 28.5 Å². The van der Waals surface area contributed by atoms with Crippen LogP contribution >= 0.6 is 11.6 Å². The molecule has 0 amide bonds. The highest BCUT2D eigenvalue weighted by molar-refractivity contribution is 6.31. The van der Waals surface area contributed by atoms with Gasteiger partial charge in [0.1, 0.15) is 5.82 Å². The van der Waals surface area contributed by atoms with Gasteiger partial charge in [-0.3, -0.25) is 4.79 Å². The highest BCUT2D eigenvalue weighted by atomic mass is 35.5. The molecule has 1 aromatic heterocycles. The van der Waals surface area contributed by atoms with Crippen LogP contribution in [-0.2, 0) is 16.0 Å². The number of halogens is 2. The molecule has 0 aliphatic rings. The average Bonchev–Trinajstić information content (AvgIpc) is 2.95. The number of carbonyl (C=O) groups is 1. The third-order valence-corrected chi connectivity index (χ3v) is 4.66. The SMILES string of the molecule is CCOC(=O)CCCc1c(-c2ccc(F)c(C)c2)[nH]c2ccc(Cl)cc12. The second kappa shape index (κ2) is 7.92. The largest absolute Gasteiger partial charge is 0.466 e. The number of benzene rings is 2. The molecule has 0 aliphatic carbocycles. The maximum atomic E-state index is 13.7. The van der Waals surface area contributed by atoms with E-state index in [1.807, 2.05) is 24.3 Å². The standard InChI is InChI=1S/C21H21ClFNO2/c1-3-26-20(25)6-4-5-16-17-12-15(22)8-10-19(17)24-21(16)14-7-9-18(23)13(2)11-14/h7-12,24H,3-6H2,1-2H3. The molecule has 136 valence electrons. The first-order chi connectivity index (χ1) is 12.5. The van der Waals surface area contributed by atoms with Crippen LogP contribution in [0.3, 0.4) is 0 Å². The molecule has 0 saturated carbocycles. The van der Waals surface area contributed by atoms with Gasteiger partial charge in [0, 0.05) is 28.0 Å². The molecule has 3 rings (SSSR count). The Morgan fingerprint density at radius 1 is 1.23 bits per heavy atom. The second-order valence-corrected chi connectivity index (χ2v) is 6.73. The monoisotopic (exact) mass is 373 g/mol. The maximum Gasteiger partial charge on any atom is 0.305 e. The fraction of sp³-hybridized carbons (Fsp3) is 0.286. The van der Waals surface area contributed by atoms with Gasteiger partial charge < -0.3 is 9.72 Å². The Bertz CT molecular complexity index is 949. The van der Waals surface area contributed by atoms with Gasteiger partial charge in [-0.1, -0.05) is 11.6 Å². The van der Waals surface area contributed by atoms with E-state index in [0.29, 0.717) is 36.5 Å². The van der Waals surface area contributed by atoms with E-state index in [9.17, 15) is 9.18 Å². The zero-order chi connectivity index (χ0) is 18.7.